The third kappa shape index (κ3) is 48.7. The maximum atomic E-state index is 11.2. The lowest BCUT2D eigenvalue weighted by Gasteiger charge is -2.31. The molecule has 0 rings (SSSR count). The van der Waals surface area contributed by atoms with Crippen LogP contribution in [0.2, 0.25) is 0 Å². The summed E-state index contributed by atoms with van der Waals surface area (Å²) in [6, 6.07) is 0. The van der Waals surface area contributed by atoms with Gasteiger partial charge in [0, 0.05) is 52.4 Å². The third-order valence-electron chi connectivity index (χ3n) is 12.5. The molecule has 0 spiro atoms. The highest BCUT2D eigenvalue weighted by molar-refractivity contribution is 4.95. The van der Waals surface area contributed by atoms with E-state index in [0.717, 1.165) is 206 Å². The van der Waals surface area contributed by atoms with Gasteiger partial charge < -0.3 is 25.3 Å². The first-order valence-corrected chi connectivity index (χ1v) is 28.3. The van der Waals surface area contributed by atoms with Gasteiger partial charge in [-0.2, -0.15) is 0 Å². The standard InChI is InChI=1S/C61H111N3O4/c1-6-10-14-18-22-26-30-34-38-42-46-58(65)54-63(55-59(66)47-43-39-35-31-27-23-19-15-11-7-2)52-50-62(5)51-53-64(56-60(67)48-44-40-36-32-28-24-20-16-12-8-3)57-61(68)49-45-41-37-33-29-25-21-17-13-9-4/h10-17,22-29,58-61,65-68H,6-9,18-21,30-57H2,1-5H3/b14-10-,15-11-,16-12-,17-13-,26-22-,27-23-,28-24-,29-25-. The van der Waals surface area contributed by atoms with Gasteiger partial charge in [0.2, 0.25) is 0 Å². The molecule has 0 aliphatic heterocycles. The summed E-state index contributed by atoms with van der Waals surface area (Å²) in [5.41, 5.74) is 0. The summed E-state index contributed by atoms with van der Waals surface area (Å²) in [6.07, 6.45) is 63.3. The highest BCUT2D eigenvalue weighted by Gasteiger charge is 2.19. The van der Waals surface area contributed by atoms with Crippen LogP contribution < -0.4 is 0 Å². The van der Waals surface area contributed by atoms with Gasteiger partial charge in [0.15, 0.2) is 0 Å². The molecule has 0 amide bonds. The highest BCUT2D eigenvalue weighted by atomic mass is 16.3. The van der Waals surface area contributed by atoms with Gasteiger partial charge in [-0.1, -0.05) is 176 Å². The summed E-state index contributed by atoms with van der Waals surface area (Å²) >= 11 is 0. The monoisotopic (exact) mass is 950 g/mol. The van der Waals surface area contributed by atoms with Crippen molar-refractivity contribution in [2.24, 2.45) is 0 Å². The number of aliphatic hydroxyl groups is 4. The summed E-state index contributed by atoms with van der Waals surface area (Å²) in [6.45, 7) is 14.2. The van der Waals surface area contributed by atoms with Gasteiger partial charge in [0.1, 0.15) is 0 Å². The SMILES string of the molecule is CC/C=C\C/C=C\CCCCCC(O)CN(CCN(C)CCN(CC(O)CCCCC/C=C\C/C=C\CC)CC(O)CCCCC/C=C\C/C=C\CC)CC(O)CCCCC/C=C\C/C=C\CC. The molecule has 0 fully saturated rings. The van der Waals surface area contributed by atoms with Crippen LogP contribution in [0.1, 0.15) is 207 Å². The molecule has 0 heterocycles. The Bertz CT molecular complexity index is 1100. The van der Waals surface area contributed by atoms with E-state index in [0.29, 0.717) is 26.2 Å². The Morgan fingerprint density at radius 1 is 0.294 bits per heavy atom. The second kappa shape index (κ2) is 52.5. The normalized spacial score (nSPS) is 14.9. The summed E-state index contributed by atoms with van der Waals surface area (Å²) < 4.78 is 0. The van der Waals surface area contributed by atoms with Crippen LogP contribution in [-0.4, -0.2) is 119 Å². The fourth-order valence-electron chi connectivity index (χ4n) is 8.31. The predicted molar refractivity (Wildman–Crippen MR) is 299 cm³/mol. The molecule has 4 unspecified atom stereocenters. The Kier molecular flexibility index (Phi) is 50.6. The third-order valence-corrected chi connectivity index (χ3v) is 12.5. The number of rotatable bonds is 50. The van der Waals surface area contributed by atoms with Crippen molar-refractivity contribution in [3.8, 4) is 0 Å². The first-order chi connectivity index (χ1) is 33.2. The van der Waals surface area contributed by atoms with Crippen molar-refractivity contribution in [2.75, 3.05) is 59.4 Å². The molecule has 0 aromatic rings. The smallest absolute Gasteiger partial charge is 0.0667 e. The molecule has 0 saturated carbocycles. The average molecular weight is 951 g/mol. The second-order valence-electron chi connectivity index (χ2n) is 19.3. The molecule has 0 aromatic heterocycles. The van der Waals surface area contributed by atoms with Crippen LogP contribution >= 0.6 is 0 Å². The number of unbranched alkanes of at least 4 members (excludes halogenated alkanes) is 12. The van der Waals surface area contributed by atoms with E-state index in [4.69, 9.17) is 0 Å². The zero-order chi connectivity index (χ0) is 49.8. The van der Waals surface area contributed by atoms with Crippen molar-refractivity contribution in [3.63, 3.8) is 0 Å². The van der Waals surface area contributed by atoms with E-state index in [2.05, 4.69) is 147 Å². The minimum absolute atomic E-state index is 0.409. The topological polar surface area (TPSA) is 90.6 Å². The molecule has 394 valence electrons. The van der Waals surface area contributed by atoms with Crippen molar-refractivity contribution < 1.29 is 20.4 Å². The van der Waals surface area contributed by atoms with E-state index in [1.165, 1.54) is 0 Å². The van der Waals surface area contributed by atoms with Crippen LogP contribution in [0, 0.1) is 0 Å². The van der Waals surface area contributed by atoms with Crippen molar-refractivity contribution in [1.29, 1.82) is 0 Å². The molecule has 7 heteroatoms. The summed E-state index contributed by atoms with van der Waals surface area (Å²) in [4.78, 5) is 6.91. The van der Waals surface area contributed by atoms with E-state index in [1.807, 2.05) is 0 Å². The minimum Gasteiger partial charge on any atom is -0.392 e. The number of hydrogen-bond donors (Lipinski definition) is 4. The first-order valence-electron chi connectivity index (χ1n) is 28.3. The molecule has 0 aliphatic rings. The number of aliphatic hydroxyl groups excluding tert-OH is 4. The fraction of sp³-hybridized carbons (Fsp3) is 0.738. The van der Waals surface area contributed by atoms with Gasteiger partial charge in [-0.3, -0.25) is 9.80 Å². The van der Waals surface area contributed by atoms with E-state index in [9.17, 15) is 20.4 Å². The molecule has 0 radical (unpaired) electrons. The van der Waals surface area contributed by atoms with Crippen LogP contribution in [0.5, 0.6) is 0 Å². The Morgan fingerprint density at radius 2 is 0.529 bits per heavy atom. The van der Waals surface area contributed by atoms with Gasteiger partial charge >= 0.3 is 0 Å². The van der Waals surface area contributed by atoms with E-state index in [-0.39, 0.29) is 0 Å². The van der Waals surface area contributed by atoms with Crippen molar-refractivity contribution in [1.82, 2.24) is 14.7 Å². The van der Waals surface area contributed by atoms with Gasteiger partial charge in [-0.05, 0) is 135 Å². The van der Waals surface area contributed by atoms with Gasteiger partial charge in [-0.15, -0.1) is 0 Å². The zero-order valence-electron chi connectivity index (χ0n) is 45.1. The molecule has 4 atom stereocenters. The molecular formula is C61H111N3O4. The maximum absolute atomic E-state index is 11.2. The summed E-state index contributed by atoms with van der Waals surface area (Å²) in [5, 5.41) is 44.8. The Labute approximate surface area is 422 Å². The number of likely N-dealkylation sites (N-methyl/N-ethyl adjacent to an activating group) is 1. The average Bonchev–Trinajstić information content (AvgIpc) is 3.32. The molecule has 4 N–H and O–H groups in total. The largest absolute Gasteiger partial charge is 0.392 e. The molecule has 0 aromatic carbocycles. The van der Waals surface area contributed by atoms with Crippen LogP contribution in [0.25, 0.3) is 0 Å². The second-order valence-corrected chi connectivity index (χ2v) is 19.3. The Morgan fingerprint density at radius 3 is 0.765 bits per heavy atom. The van der Waals surface area contributed by atoms with E-state index >= 15 is 0 Å². The lowest BCUT2D eigenvalue weighted by Crippen LogP contribution is -2.44. The lowest BCUT2D eigenvalue weighted by molar-refractivity contribution is 0.0492. The van der Waals surface area contributed by atoms with Crippen LogP contribution in [-0.2, 0) is 0 Å². The molecule has 68 heavy (non-hydrogen) atoms. The molecule has 7 nitrogen and oxygen atoms in total. The van der Waals surface area contributed by atoms with E-state index < -0.39 is 24.4 Å². The van der Waals surface area contributed by atoms with Crippen LogP contribution in [0.3, 0.4) is 0 Å². The molecular weight excluding hydrogens is 839 g/mol. The van der Waals surface area contributed by atoms with Crippen molar-refractivity contribution >= 4 is 0 Å². The number of nitrogens with zero attached hydrogens (tertiary/aromatic N) is 3. The summed E-state index contributed by atoms with van der Waals surface area (Å²) in [5.74, 6) is 0. The first kappa shape index (κ1) is 65.6. The highest BCUT2D eigenvalue weighted by Crippen LogP contribution is 2.14. The van der Waals surface area contributed by atoms with Gasteiger partial charge in [0.25, 0.3) is 0 Å². The van der Waals surface area contributed by atoms with Crippen molar-refractivity contribution in [2.45, 2.75) is 232 Å². The minimum atomic E-state index is -0.409. The zero-order valence-corrected chi connectivity index (χ0v) is 45.1. The number of allylic oxidation sites excluding steroid dienone is 16. The van der Waals surface area contributed by atoms with Crippen LogP contribution in [0.15, 0.2) is 97.2 Å². The summed E-state index contributed by atoms with van der Waals surface area (Å²) in [7, 11) is 2.16. The number of hydrogen-bond acceptors (Lipinski definition) is 7. The van der Waals surface area contributed by atoms with E-state index in [1.54, 1.807) is 0 Å². The maximum Gasteiger partial charge on any atom is 0.0667 e. The fourth-order valence-corrected chi connectivity index (χ4v) is 8.31. The Balaban J connectivity index is 5.32. The van der Waals surface area contributed by atoms with Gasteiger partial charge in [0.05, 0.1) is 24.4 Å². The van der Waals surface area contributed by atoms with Crippen LogP contribution in [0.4, 0.5) is 0 Å². The lowest BCUT2D eigenvalue weighted by atomic mass is 10.1. The predicted octanol–water partition coefficient (Wildman–Crippen LogP) is 14.4. The molecule has 0 aliphatic carbocycles. The molecule has 0 bridgehead atoms. The Hall–Kier alpha value is -2.36. The van der Waals surface area contributed by atoms with Gasteiger partial charge in [-0.25, -0.2) is 0 Å². The van der Waals surface area contributed by atoms with Crippen molar-refractivity contribution in [3.05, 3.63) is 97.2 Å². The quantitative estimate of drug-likeness (QED) is 0.0357. The molecule has 0 saturated heterocycles.